The fourth-order valence-electron chi connectivity index (χ4n) is 2.98. The Bertz CT molecular complexity index is 678. The molecule has 0 aliphatic rings. The number of ether oxygens (including phenoxy) is 1. The molecule has 0 radical (unpaired) electrons. The maximum absolute atomic E-state index is 12.3. The Hall–Kier alpha value is -1.22. The van der Waals surface area contributed by atoms with Crippen LogP contribution in [0.4, 0.5) is 0 Å². The van der Waals surface area contributed by atoms with E-state index in [4.69, 9.17) is 10.5 Å². The summed E-state index contributed by atoms with van der Waals surface area (Å²) in [5.41, 5.74) is 6.00. The summed E-state index contributed by atoms with van der Waals surface area (Å²) in [6, 6.07) is 20.3. The Labute approximate surface area is 165 Å². The second-order valence-corrected chi connectivity index (χ2v) is 17.7. The van der Waals surface area contributed by atoms with Gasteiger partial charge in [0.2, 0.25) is 0 Å². The molecule has 2 atom stereocenters. The summed E-state index contributed by atoms with van der Waals surface area (Å²) in [5, 5.41) is -0.154. The van der Waals surface area contributed by atoms with Crippen molar-refractivity contribution >= 4 is 37.4 Å². The third-order valence-electron chi connectivity index (χ3n) is 5.24. The van der Waals surface area contributed by atoms with Gasteiger partial charge in [-0.3, -0.25) is 0 Å². The van der Waals surface area contributed by atoms with Gasteiger partial charge in [0.1, 0.15) is 0 Å². The molecule has 0 spiro atoms. The molecule has 0 unspecified atom stereocenters. The minimum atomic E-state index is -2.64. The number of rotatable bonds is 8. The van der Waals surface area contributed by atoms with E-state index in [0.29, 0.717) is 6.61 Å². The SMILES string of the molecule is CC[C@H](C)[C@H](N)C(=O)OCCP(C)(Br)(c1ccccc1)c1ccccc1. The van der Waals surface area contributed by atoms with E-state index in [-0.39, 0.29) is 11.9 Å². The summed E-state index contributed by atoms with van der Waals surface area (Å²) >= 11 is 4.14. The first-order valence-corrected chi connectivity index (χ1v) is 13.9. The van der Waals surface area contributed by atoms with E-state index in [1.165, 1.54) is 10.6 Å². The van der Waals surface area contributed by atoms with Crippen LogP contribution in [0.2, 0.25) is 0 Å². The van der Waals surface area contributed by atoms with Crippen LogP contribution in [0.3, 0.4) is 0 Å². The molecule has 0 bridgehead atoms. The first-order chi connectivity index (χ1) is 12.3. The van der Waals surface area contributed by atoms with Gasteiger partial charge in [-0.05, 0) is 0 Å². The van der Waals surface area contributed by atoms with Crippen LogP contribution in [0.1, 0.15) is 20.3 Å². The average Bonchev–Trinajstić information content (AvgIpc) is 2.68. The van der Waals surface area contributed by atoms with Crippen molar-refractivity contribution < 1.29 is 9.53 Å². The van der Waals surface area contributed by atoms with Crippen molar-refractivity contribution in [2.24, 2.45) is 11.7 Å². The molecule has 0 saturated carbocycles. The molecule has 0 heterocycles. The van der Waals surface area contributed by atoms with Crippen molar-refractivity contribution in [3.8, 4) is 0 Å². The van der Waals surface area contributed by atoms with E-state index in [2.05, 4.69) is 70.7 Å². The molecule has 2 aromatic carbocycles. The normalized spacial score (nSPS) is 15.5. The van der Waals surface area contributed by atoms with Gasteiger partial charge in [-0.25, -0.2) is 0 Å². The molecule has 0 aliphatic carbocycles. The summed E-state index contributed by atoms with van der Waals surface area (Å²) in [6.45, 7) is 6.61. The Morgan fingerprint density at radius 1 is 1.08 bits per heavy atom. The average molecular weight is 438 g/mol. The number of carbonyl (C=O) groups is 1. The summed E-state index contributed by atoms with van der Waals surface area (Å²) < 4.78 is 5.57. The van der Waals surface area contributed by atoms with Gasteiger partial charge in [0.05, 0.1) is 0 Å². The maximum atomic E-state index is 12.3. The molecule has 142 valence electrons. The van der Waals surface area contributed by atoms with Crippen molar-refractivity contribution in [1.29, 1.82) is 0 Å². The van der Waals surface area contributed by atoms with Crippen LogP contribution >= 0.6 is 20.8 Å². The molecular formula is C21H29BrNO2P. The quantitative estimate of drug-likeness (QED) is 0.500. The molecule has 26 heavy (non-hydrogen) atoms. The van der Waals surface area contributed by atoms with Crippen LogP contribution < -0.4 is 16.3 Å². The van der Waals surface area contributed by atoms with Crippen molar-refractivity contribution in [3.63, 3.8) is 0 Å². The third-order valence-corrected chi connectivity index (χ3v) is 13.3. The fraction of sp³-hybridized carbons (Fsp3) is 0.381. The second-order valence-electron chi connectivity index (χ2n) is 7.12. The Balaban J connectivity index is 2.23. The molecule has 5 heteroatoms. The zero-order valence-corrected chi connectivity index (χ0v) is 18.2. The number of halogens is 1. The number of hydrogen-bond donors (Lipinski definition) is 1. The summed E-state index contributed by atoms with van der Waals surface area (Å²) in [6.07, 6.45) is 1.58. The monoisotopic (exact) mass is 437 g/mol. The van der Waals surface area contributed by atoms with Crippen molar-refractivity contribution in [2.45, 2.75) is 26.3 Å². The Kier molecular flexibility index (Phi) is 7.01. The predicted octanol–water partition coefficient (Wildman–Crippen LogP) is 4.05. The molecule has 2 aromatic rings. The Morgan fingerprint density at radius 3 is 1.96 bits per heavy atom. The Morgan fingerprint density at radius 2 is 1.54 bits per heavy atom. The van der Waals surface area contributed by atoms with Gasteiger partial charge in [-0.2, -0.15) is 0 Å². The third kappa shape index (κ3) is 4.54. The summed E-state index contributed by atoms with van der Waals surface area (Å²) in [5.74, 6) is -0.196. The zero-order chi connectivity index (χ0) is 19.2. The fourth-order valence-corrected chi connectivity index (χ4v) is 8.06. The van der Waals surface area contributed by atoms with E-state index in [1.807, 2.05) is 26.0 Å². The van der Waals surface area contributed by atoms with E-state index >= 15 is 0 Å². The van der Waals surface area contributed by atoms with E-state index < -0.39 is 11.3 Å². The molecule has 2 N–H and O–H groups in total. The van der Waals surface area contributed by atoms with Gasteiger partial charge in [0.25, 0.3) is 0 Å². The van der Waals surface area contributed by atoms with Crippen LogP contribution in [-0.4, -0.2) is 31.4 Å². The molecular weight excluding hydrogens is 409 g/mol. The number of esters is 1. The van der Waals surface area contributed by atoms with Gasteiger partial charge in [-0.15, -0.1) is 0 Å². The standard InChI is InChI=1S/C21H29BrNO2P/c1-4-17(2)20(23)21(24)25-15-16-26(3,22,18-11-7-5-8-12-18)19-13-9-6-10-14-19/h5-14,17,20H,4,15-16,23H2,1-3H3/t17-,20-/m0/s1. The molecule has 0 saturated heterocycles. The molecule has 0 amide bonds. The van der Waals surface area contributed by atoms with E-state index in [1.54, 1.807) is 0 Å². The molecule has 3 nitrogen and oxygen atoms in total. The van der Waals surface area contributed by atoms with Crippen molar-refractivity contribution in [1.82, 2.24) is 0 Å². The van der Waals surface area contributed by atoms with Crippen LogP contribution in [0.25, 0.3) is 0 Å². The number of hydrogen-bond acceptors (Lipinski definition) is 3. The molecule has 2 rings (SSSR count). The van der Waals surface area contributed by atoms with Crippen molar-refractivity contribution in [2.75, 3.05) is 19.4 Å². The first-order valence-electron chi connectivity index (χ1n) is 9.05. The zero-order valence-electron chi connectivity index (χ0n) is 15.8. The van der Waals surface area contributed by atoms with E-state index in [0.717, 1.165) is 12.6 Å². The van der Waals surface area contributed by atoms with Crippen LogP contribution in [0.5, 0.6) is 0 Å². The minimum absolute atomic E-state index is 0.117. The number of benzene rings is 2. The molecule has 0 aliphatic heterocycles. The van der Waals surface area contributed by atoms with Crippen LogP contribution in [0, 0.1) is 5.92 Å². The van der Waals surface area contributed by atoms with Gasteiger partial charge in [0.15, 0.2) is 0 Å². The summed E-state index contributed by atoms with van der Waals surface area (Å²) in [7, 11) is 0. The second kappa shape index (κ2) is 8.65. The van der Waals surface area contributed by atoms with Crippen LogP contribution in [0.15, 0.2) is 60.7 Å². The number of nitrogens with two attached hydrogens (primary N) is 1. The van der Waals surface area contributed by atoms with Gasteiger partial charge in [0, 0.05) is 0 Å². The first kappa shape index (κ1) is 21.1. The molecule has 0 aromatic heterocycles. The topological polar surface area (TPSA) is 52.3 Å². The van der Waals surface area contributed by atoms with Gasteiger partial charge >= 0.3 is 165 Å². The van der Waals surface area contributed by atoms with Gasteiger partial charge < -0.3 is 0 Å². The van der Waals surface area contributed by atoms with Crippen LogP contribution in [-0.2, 0) is 9.53 Å². The summed E-state index contributed by atoms with van der Waals surface area (Å²) in [4.78, 5) is 12.3. The van der Waals surface area contributed by atoms with E-state index in [9.17, 15) is 4.79 Å². The van der Waals surface area contributed by atoms with Gasteiger partial charge in [-0.1, -0.05) is 0 Å². The predicted molar refractivity (Wildman–Crippen MR) is 117 cm³/mol. The molecule has 0 fully saturated rings. The van der Waals surface area contributed by atoms with Crippen molar-refractivity contribution in [3.05, 3.63) is 60.7 Å². The number of carbonyl (C=O) groups excluding carboxylic acids is 1.